The normalized spacial score (nSPS) is 11.6. The van der Waals surface area contributed by atoms with Crippen molar-refractivity contribution in [3.05, 3.63) is 176 Å². The smallest absolute Gasteiger partial charge is 0.164 e. The van der Waals surface area contributed by atoms with Gasteiger partial charge in [-0.05, 0) is 41.5 Å². The van der Waals surface area contributed by atoms with Crippen LogP contribution in [0.1, 0.15) is 0 Å². The summed E-state index contributed by atoms with van der Waals surface area (Å²) in [6.45, 7) is 0. The number of nitrogens with zero attached hydrogens (tertiary/aromatic N) is 5. The minimum Gasteiger partial charge on any atom is -0.456 e. The van der Waals surface area contributed by atoms with Crippen LogP contribution in [-0.2, 0) is 0 Å². The second kappa shape index (κ2) is 13.2. The molecule has 0 saturated carbocycles. The van der Waals surface area contributed by atoms with Crippen LogP contribution in [0.3, 0.4) is 0 Å². The monoisotopic (exact) mass is 735 g/mol. The van der Waals surface area contributed by atoms with E-state index in [2.05, 4.69) is 109 Å². The van der Waals surface area contributed by atoms with Crippen LogP contribution in [0.5, 0.6) is 0 Å². The van der Waals surface area contributed by atoms with Crippen molar-refractivity contribution in [2.45, 2.75) is 0 Å². The summed E-state index contributed by atoms with van der Waals surface area (Å²) in [5.41, 5.74) is 10.3. The molecule has 6 nitrogen and oxygen atoms in total. The average molecular weight is 736 g/mol. The molecule has 0 aliphatic carbocycles. The molecule has 4 aromatic heterocycles. The topological polar surface area (TPSA) is 77.6 Å². The van der Waals surface area contributed by atoms with Crippen LogP contribution in [-0.4, -0.2) is 24.9 Å². The van der Waals surface area contributed by atoms with Crippen molar-refractivity contribution < 1.29 is 4.42 Å². The Bertz CT molecular complexity index is 3230. The number of benzene rings is 7. The van der Waals surface area contributed by atoms with E-state index >= 15 is 0 Å². The van der Waals surface area contributed by atoms with E-state index in [9.17, 15) is 0 Å². The summed E-state index contributed by atoms with van der Waals surface area (Å²) >= 11 is 1.73. The number of thiophene rings is 1. The highest BCUT2D eigenvalue weighted by Gasteiger charge is 2.21. The number of hydrogen-bond donors (Lipinski definition) is 0. The van der Waals surface area contributed by atoms with Crippen LogP contribution in [0.4, 0.5) is 0 Å². The van der Waals surface area contributed by atoms with Crippen molar-refractivity contribution in [2.75, 3.05) is 0 Å². The molecule has 11 aromatic rings. The maximum Gasteiger partial charge on any atom is 0.164 e. The molecular weight excluding hydrogens is 707 g/mol. The second-order valence-corrected chi connectivity index (χ2v) is 14.7. The van der Waals surface area contributed by atoms with E-state index in [0.29, 0.717) is 23.3 Å². The summed E-state index contributed by atoms with van der Waals surface area (Å²) in [4.78, 5) is 25.7. The molecule has 0 unspecified atom stereocenters. The van der Waals surface area contributed by atoms with Gasteiger partial charge in [0.15, 0.2) is 23.3 Å². The van der Waals surface area contributed by atoms with Gasteiger partial charge in [-0.3, -0.25) is 0 Å². The molecule has 0 bridgehead atoms. The first-order valence-corrected chi connectivity index (χ1v) is 19.2. The molecule has 0 spiro atoms. The molecule has 0 atom stereocenters. The number of rotatable bonds is 6. The van der Waals surface area contributed by atoms with Gasteiger partial charge in [0.1, 0.15) is 11.2 Å². The van der Waals surface area contributed by atoms with Gasteiger partial charge in [-0.1, -0.05) is 146 Å². The fourth-order valence-corrected chi connectivity index (χ4v) is 8.60. The van der Waals surface area contributed by atoms with Crippen molar-refractivity contribution in [2.24, 2.45) is 0 Å². The maximum atomic E-state index is 6.49. The van der Waals surface area contributed by atoms with E-state index in [1.807, 2.05) is 66.7 Å². The Kier molecular flexibility index (Phi) is 7.57. The van der Waals surface area contributed by atoms with Crippen molar-refractivity contribution in [3.8, 4) is 67.9 Å². The lowest BCUT2D eigenvalue weighted by atomic mass is 10.0. The standard InChI is InChI=1S/C49H29N5OS/c1-4-13-30(14-5-1)31-23-25-34(26-24-31)47-52-46(33-17-8-3-9-18-33)53-48(54-47)35-27-28-39-38(29-35)42-37(20-12-21-40(42)55-39)49-50-43(32-15-6-2-7-16-32)45-44(51-49)36-19-10-11-22-41(36)56-45/h1-29H. The number of aromatic nitrogens is 5. The highest BCUT2D eigenvalue weighted by Crippen LogP contribution is 2.42. The minimum absolute atomic E-state index is 0.573. The third-order valence-corrected chi connectivity index (χ3v) is 11.3. The van der Waals surface area contributed by atoms with Crippen molar-refractivity contribution in [1.82, 2.24) is 24.9 Å². The highest BCUT2D eigenvalue weighted by molar-refractivity contribution is 7.26. The molecule has 0 N–H and O–H groups in total. The molecule has 0 fully saturated rings. The Labute approximate surface area is 325 Å². The summed E-state index contributed by atoms with van der Waals surface area (Å²) in [5.74, 6) is 2.42. The molecule has 0 aliphatic heterocycles. The van der Waals surface area contributed by atoms with E-state index in [0.717, 1.165) is 82.2 Å². The second-order valence-electron chi connectivity index (χ2n) is 13.6. The molecule has 0 saturated heterocycles. The van der Waals surface area contributed by atoms with Gasteiger partial charge in [-0.2, -0.15) is 0 Å². The van der Waals surface area contributed by atoms with Crippen molar-refractivity contribution in [3.63, 3.8) is 0 Å². The summed E-state index contributed by atoms with van der Waals surface area (Å²) < 4.78 is 8.74. The predicted molar refractivity (Wildman–Crippen MR) is 228 cm³/mol. The van der Waals surface area contributed by atoms with Crippen molar-refractivity contribution in [1.29, 1.82) is 0 Å². The zero-order chi connectivity index (χ0) is 37.0. The van der Waals surface area contributed by atoms with E-state index in [-0.39, 0.29) is 0 Å². The third kappa shape index (κ3) is 5.52. The number of furan rings is 1. The van der Waals surface area contributed by atoms with Gasteiger partial charge in [0, 0.05) is 48.7 Å². The molecular formula is C49H29N5OS. The Hall–Kier alpha value is -7.35. The van der Waals surface area contributed by atoms with E-state index in [1.165, 1.54) is 4.70 Å². The molecule has 0 amide bonds. The Morgan fingerprint density at radius 1 is 0.375 bits per heavy atom. The summed E-state index contributed by atoms with van der Waals surface area (Å²) in [5, 5.41) is 2.99. The highest BCUT2D eigenvalue weighted by atomic mass is 32.1. The van der Waals surface area contributed by atoms with Gasteiger partial charge >= 0.3 is 0 Å². The first-order chi connectivity index (χ1) is 27.7. The third-order valence-electron chi connectivity index (χ3n) is 10.2. The van der Waals surface area contributed by atoms with Gasteiger partial charge in [-0.25, -0.2) is 24.9 Å². The van der Waals surface area contributed by atoms with Crippen LogP contribution in [0.25, 0.3) is 110 Å². The molecule has 7 aromatic carbocycles. The molecule has 7 heteroatoms. The molecule has 0 aliphatic rings. The van der Waals surface area contributed by atoms with Crippen molar-refractivity contribution >= 4 is 53.6 Å². The molecule has 262 valence electrons. The SMILES string of the molecule is c1ccc(-c2ccc(-c3nc(-c4ccccc4)nc(-c4ccc5oc6cccc(-c7nc(-c8ccccc8)c8sc9ccccc9c8n7)c6c5c4)n3)cc2)cc1. The van der Waals surface area contributed by atoms with Crippen LogP contribution in [0.15, 0.2) is 180 Å². The molecule has 4 heterocycles. The Balaban J connectivity index is 1.09. The van der Waals surface area contributed by atoms with E-state index in [4.69, 9.17) is 29.3 Å². The zero-order valence-electron chi connectivity index (χ0n) is 29.8. The Morgan fingerprint density at radius 2 is 0.946 bits per heavy atom. The number of hydrogen-bond acceptors (Lipinski definition) is 7. The maximum absolute atomic E-state index is 6.49. The minimum atomic E-state index is 0.573. The van der Waals surface area contributed by atoms with E-state index in [1.54, 1.807) is 11.3 Å². The molecule has 0 radical (unpaired) electrons. The lowest BCUT2D eigenvalue weighted by Gasteiger charge is -2.10. The summed E-state index contributed by atoms with van der Waals surface area (Å²) in [7, 11) is 0. The average Bonchev–Trinajstić information content (AvgIpc) is 3.85. The van der Waals surface area contributed by atoms with Gasteiger partial charge in [0.2, 0.25) is 0 Å². The lowest BCUT2D eigenvalue weighted by molar-refractivity contribution is 0.669. The zero-order valence-corrected chi connectivity index (χ0v) is 30.6. The van der Waals surface area contributed by atoms with E-state index < -0.39 is 0 Å². The fraction of sp³-hybridized carbons (Fsp3) is 0. The first-order valence-electron chi connectivity index (χ1n) is 18.4. The van der Waals surface area contributed by atoms with Crippen LogP contribution in [0.2, 0.25) is 0 Å². The molecule has 56 heavy (non-hydrogen) atoms. The van der Waals surface area contributed by atoms with Crippen LogP contribution in [0, 0.1) is 0 Å². The molecule has 11 rings (SSSR count). The fourth-order valence-electron chi connectivity index (χ4n) is 7.45. The van der Waals surface area contributed by atoms with Gasteiger partial charge in [0.05, 0.1) is 15.9 Å². The van der Waals surface area contributed by atoms with Gasteiger partial charge in [-0.15, -0.1) is 11.3 Å². The number of fused-ring (bicyclic) bond motifs is 6. The van der Waals surface area contributed by atoms with Crippen LogP contribution >= 0.6 is 11.3 Å². The largest absolute Gasteiger partial charge is 0.456 e. The lowest BCUT2D eigenvalue weighted by Crippen LogP contribution is -2.00. The van der Waals surface area contributed by atoms with Gasteiger partial charge in [0.25, 0.3) is 0 Å². The quantitative estimate of drug-likeness (QED) is 0.169. The van der Waals surface area contributed by atoms with Crippen LogP contribution < -0.4 is 0 Å². The summed E-state index contributed by atoms with van der Waals surface area (Å²) in [6.07, 6.45) is 0. The first kappa shape index (κ1) is 32.1. The Morgan fingerprint density at radius 3 is 1.68 bits per heavy atom. The predicted octanol–water partition coefficient (Wildman–Crippen LogP) is 12.9. The van der Waals surface area contributed by atoms with Gasteiger partial charge < -0.3 is 4.42 Å². The summed E-state index contributed by atoms with van der Waals surface area (Å²) in [6, 6.07) is 59.8.